The van der Waals surface area contributed by atoms with Crippen LogP contribution in [0.15, 0.2) is 36.5 Å². The molecule has 0 bridgehead atoms. The number of ketones is 1. The fourth-order valence-corrected chi connectivity index (χ4v) is 3.49. The molecule has 0 spiro atoms. The van der Waals surface area contributed by atoms with E-state index in [1.54, 1.807) is 6.92 Å². The van der Waals surface area contributed by atoms with Crippen LogP contribution in [-0.2, 0) is 4.79 Å². The van der Waals surface area contributed by atoms with E-state index in [1.165, 1.54) is 6.20 Å². The lowest BCUT2D eigenvalue weighted by atomic mass is 9.83. The van der Waals surface area contributed by atoms with Gasteiger partial charge in [0.25, 0.3) is 5.91 Å². The Bertz CT molecular complexity index is 801. The van der Waals surface area contributed by atoms with E-state index in [-0.39, 0.29) is 17.4 Å². The SMILES string of the molecule is CC(=O)CC1CCC(Nc2ncc(C(N)=O)c(Nc3ccccc3)n2)CC1. The number of hydrogen-bond acceptors (Lipinski definition) is 6. The lowest BCUT2D eigenvalue weighted by Gasteiger charge is -2.28. The first-order valence-electron chi connectivity index (χ1n) is 9.26. The Balaban J connectivity index is 1.69. The first kappa shape index (κ1) is 18.8. The molecule has 1 aliphatic rings. The number of nitrogens with zero attached hydrogens (tertiary/aromatic N) is 2. The fourth-order valence-electron chi connectivity index (χ4n) is 3.49. The van der Waals surface area contributed by atoms with Crippen molar-refractivity contribution in [1.82, 2.24) is 9.97 Å². The van der Waals surface area contributed by atoms with E-state index >= 15 is 0 Å². The van der Waals surface area contributed by atoms with Crippen LogP contribution < -0.4 is 16.4 Å². The molecule has 7 nitrogen and oxygen atoms in total. The third-order valence-electron chi connectivity index (χ3n) is 4.85. The van der Waals surface area contributed by atoms with E-state index in [2.05, 4.69) is 20.6 Å². The number of para-hydroxylation sites is 1. The van der Waals surface area contributed by atoms with Crippen LogP contribution in [-0.4, -0.2) is 27.7 Å². The molecule has 0 saturated heterocycles. The van der Waals surface area contributed by atoms with Gasteiger partial charge in [-0.2, -0.15) is 4.98 Å². The molecule has 1 aromatic carbocycles. The van der Waals surface area contributed by atoms with Crippen molar-refractivity contribution < 1.29 is 9.59 Å². The number of Topliss-reactive ketones (excluding diaryl/α,β-unsaturated/α-hetero) is 1. The van der Waals surface area contributed by atoms with Gasteiger partial charge in [0, 0.05) is 24.3 Å². The standard InChI is InChI=1S/C20H25N5O2/c1-13(26)11-14-7-9-16(10-8-14)24-20-22-12-17(18(21)27)19(25-20)23-15-5-3-2-4-6-15/h2-6,12,14,16H,7-11H2,1H3,(H2,21,27)(H2,22,23,24,25). The van der Waals surface area contributed by atoms with E-state index in [9.17, 15) is 9.59 Å². The minimum absolute atomic E-state index is 0.245. The van der Waals surface area contributed by atoms with Crippen molar-refractivity contribution in [3.8, 4) is 0 Å². The topological polar surface area (TPSA) is 110 Å². The predicted molar refractivity (Wildman–Crippen MR) is 105 cm³/mol. The number of hydrogen-bond donors (Lipinski definition) is 3. The van der Waals surface area contributed by atoms with Gasteiger partial charge in [0.05, 0.1) is 0 Å². The highest BCUT2D eigenvalue weighted by Crippen LogP contribution is 2.29. The molecule has 142 valence electrons. The highest BCUT2D eigenvalue weighted by molar-refractivity contribution is 5.98. The van der Waals surface area contributed by atoms with Crippen LogP contribution in [0.3, 0.4) is 0 Å². The Morgan fingerprint density at radius 2 is 1.85 bits per heavy atom. The van der Waals surface area contributed by atoms with Crippen LogP contribution in [0.2, 0.25) is 0 Å². The molecule has 4 N–H and O–H groups in total. The summed E-state index contributed by atoms with van der Waals surface area (Å²) in [7, 11) is 0. The largest absolute Gasteiger partial charge is 0.365 e. The summed E-state index contributed by atoms with van der Waals surface area (Å²) in [6.07, 6.45) is 6.10. The van der Waals surface area contributed by atoms with Gasteiger partial charge >= 0.3 is 0 Å². The first-order chi connectivity index (χ1) is 13.0. The Morgan fingerprint density at radius 3 is 2.48 bits per heavy atom. The molecular formula is C20H25N5O2. The summed E-state index contributed by atoms with van der Waals surface area (Å²) in [6, 6.07) is 9.73. The summed E-state index contributed by atoms with van der Waals surface area (Å²) in [5, 5.41) is 6.48. The molecule has 1 heterocycles. The summed E-state index contributed by atoms with van der Waals surface area (Å²) in [4.78, 5) is 31.7. The number of anilines is 3. The molecule has 0 atom stereocenters. The summed E-state index contributed by atoms with van der Waals surface area (Å²) >= 11 is 0. The smallest absolute Gasteiger partial charge is 0.254 e. The molecule has 1 aromatic heterocycles. The lowest BCUT2D eigenvalue weighted by molar-refractivity contribution is -0.118. The number of amides is 1. The van der Waals surface area contributed by atoms with E-state index in [4.69, 9.17) is 5.73 Å². The molecule has 3 rings (SSSR count). The third-order valence-corrected chi connectivity index (χ3v) is 4.85. The van der Waals surface area contributed by atoms with Gasteiger partial charge in [-0.25, -0.2) is 4.98 Å². The molecule has 1 aliphatic carbocycles. The van der Waals surface area contributed by atoms with Gasteiger partial charge in [-0.05, 0) is 50.7 Å². The number of benzene rings is 1. The van der Waals surface area contributed by atoms with Crippen LogP contribution in [0.5, 0.6) is 0 Å². The quantitative estimate of drug-likeness (QED) is 0.693. The van der Waals surface area contributed by atoms with Crippen LogP contribution >= 0.6 is 0 Å². The van der Waals surface area contributed by atoms with Gasteiger partial charge in [0.1, 0.15) is 17.2 Å². The Kier molecular flexibility index (Phi) is 6.01. The van der Waals surface area contributed by atoms with Crippen molar-refractivity contribution in [3.05, 3.63) is 42.1 Å². The average molecular weight is 367 g/mol. The highest BCUT2D eigenvalue weighted by Gasteiger charge is 2.23. The molecule has 27 heavy (non-hydrogen) atoms. The normalized spacial score (nSPS) is 19.3. The van der Waals surface area contributed by atoms with Crippen molar-refractivity contribution in [2.75, 3.05) is 10.6 Å². The second-order valence-electron chi connectivity index (χ2n) is 7.08. The maximum absolute atomic E-state index is 11.7. The number of aromatic nitrogens is 2. The monoisotopic (exact) mass is 367 g/mol. The Labute approximate surface area is 158 Å². The first-order valence-corrected chi connectivity index (χ1v) is 9.26. The molecule has 1 amide bonds. The van der Waals surface area contributed by atoms with Crippen LogP contribution in [0.1, 0.15) is 49.4 Å². The maximum atomic E-state index is 11.7. The summed E-state index contributed by atoms with van der Waals surface area (Å²) in [5.74, 6) is 1.01. The number of nitrogens with one attached hydrogen (secondary N) is 2. The van der Waals surface area contributed by atoms with Gasteiger partial charge in [0.2, 0.25) is 5.95 Å². The minimum atomic E-state index is -0.579. The van der Waals surface area contributed by atoms with Crippen molar-refractivity contribution in [3.63, 3.8) is 0 Å². The van der Waals surface area contributed by atoms with Crippen molar-refractivity contribution in [2.45, 2.75) is 45.1 Å². The summed E-state index contributed by atoms with van der Waals surface area (Å²) in [5.41, 5.74) is 6.51. The second kappa shape index (κ2) is 8.62. The van der Waals surface area contributed by atoms with Crippen LogP contribution in [0.25, 0.3) is 0 Å². The maximum Gasteiger partial charge on any atom is 0.254 e. The Morgan fingerprint density at radius 1 is 1.15 bits per heavy atom. The van der Waals surface area contributed by atoms with Gasteiger partial charge in [-0.3, -0.25) is 4.79 Å². The predicted octanol–water partition coefficient (Wildman–Crippen LogP) is 3.27. The third kappa shape index (κ3) is 5.26. The van der Waals surface area contributed by atoms with E-state index < -0.39 is 5.91 Å². The zero-order valence-corrected chi connectivity index (χ0v) is 15.4. The molecule has 0 radical (unpaired) electrons. The van der Waals surface area contributed by atoms with E-state index in [0.717, 1.165) is 31.4 Å². The highest BCUT2D eigenvalue weighted by atomic mass is 16.1. The summed E-state index contributed by atoms with van der Waals surface area (Å²) < 4.78 is 0. The molecule has 0 unspecified atom stereocenters. The van der Waals surface area contributed by atoms with Gasteiger partial charge in [-0.15, -0.1) is 0 Å². The fraction of sp³-hybridized carbons (Fsp3) is 0.400. The van der Waals surface area contributed by atoms with Crippen LogP contribution in [0, 0.1) is 5.92 Å². The number of nitrogens with two attached hydrogens (primary N) is 1. The van der Waals surface area contributed by atoms with Crippen molar-refractivity contribution >= 4 is 29.1 Å². The van der Waals surface area contributed by atoms with Gasteiger partial charge in [0.15, 0.2) is 0 Å². The van der Waals surface area contributed by atoms with E-state index in [1.807, 2.05) is 30.3 Å². The molecule has 1 fully saturated rings. The van der Waals surface area contributed by atoms with Crippen LogP contribution in [0.4, 0.5) is 17.5 Å². The number of primary amides is 1. The van der Waals surface area contributed by atoms with E-state index in [0.29, 0.717) is 24.1 Å². The zero-order chi connectivity index (χ0) is 19.2. The van der Waals surface area contributed by atoms with Gasteiger partial charge < -0.3 is 21.2 Å². The average Bonchev–Trinajstić information content (AvgIpc) is 2.64. The number of carbonyl (C=O) groups excluding carboxylic acids is 2. The lowest BCUT2D eigenvalue weighted by Crippen LogP contribution is -2.28. The zero-order valence-electron chi connectivity index (χ0n) is 15.4. The molecular weight excluding hydrogens is 342 g/mol. The molecule has 2 aromatic rings. The Hall–Kier alpha value is -2.96. The number of rotatable bonds is 7. The number of carbonyl (C=O) groups is 2. The molecule has 7 heteroatoms. The van der Waals surface area contributed by atoms with Crippen molar-refractivity contribution in [2.24, 2.45) is 11.7 Å². The minimum Gasteiger partial charge on any atom is -0.365 e. The van der Waals surface area contributed by atoms with Gasteiger partial charge in [-0.1, -0.05) is 18.2 Å². The summed E-state index contributed by atoms with van der Waals surface area (Å²) in [6.45, 7) is 1.65. The molecule has 0 aliphatic heterocycles. The molecule has 1 saturated carbocycles. The second-order valence-corrected chi connectivity index (χ2v) is 7.08. The van der Waals surface area contributed by atoms with Crippen molar-refractivity contribution in [1.29, 1.82) is 0 Å².